The summed E-state index contributed by atoms with van der Waals surface area (Å²) < 4.78 is 24.4. The number of nitro groups is 1. The quantitative estimate of drug-likeness (QED) is 0.319. The number of aromatic hydroxyl groups is 1. The molecule has 0 radical (unpaired) electrons. The van der Waals surface area contributed by atoms with Crippen molar-refractivity contribution in [2.24, 2.45) is 5.10 Å². The molecule has 0 atom stereocenters. The van der Waals surface area contributed by atoms with Gasteiger partial charge in [0.2, 0.25) is 0 Å². The summed E-state index contributed by atoms with van der Waals surface area (Å²) in [6, 6.07) is 7.83. The topological polar surface area (TPSA) is 148 Å². The van der Waals surface area contributed by atoms with E-state index in [2.05, 4.69) is 5.10 Å². The van der Waals surface area contributed by atoms with Crippen LogP contribution in [0.2, 0.25) is 0 Å². The number of aryl methyl sites for hydroxylation is 1. The highest BCUT2D eigenvalue weighted by molar-refractivity contribution is 7.89. The van der Waals surface area contributed by atoms with Crippen molar-refractivity contribution < 1.29 is 18.4 Å². The van der Waals surface area contributed by atoms with Gasteiger partial charge in [-0.1, -0.05) is 0 Å². The highest BCUT2D eigenvalue weighted by atomic mass is 32.2. The predicted molar refractivity (Wildman–Crippen MR) is 92.9 cm³/mol. The van der Waals surface area contributed by atoms with E-state index in [1.54, 1.807) is 0 Å². The SMILES string of the molecule is CC(=NNS(=O)(=O)c1ccc(N)cc1)c1cc([N+](=O)[O-])cc(C)c1O. The lowest BCUT2D eigenvalue weighted by Crippen LogP contribution is -2.20. The van der Waals surface area contributed by atoms with Gasteiger partial charge in [0.15, 0.2) is 0 Å². The molecule has 2 aromatic carbocycles. The fraction of sp³-hybridized carbons (Fsp3) is 0.133. The van der Waals surface area contributed by atoms with Crippen LogP contribution in [0.1, 0.15) is 18.1 Å². The zero-order chi connectivity index (χ0) is 18.8. The summed E-state index contributed by atoms with van der Waals surface area (Å²) in [7, 11) is -3.94. The molecular weight excluding hydrogens is 348 g/mol. The monoisotopic (exact) mass is 364 g/mol. The van der Waals surface area contributed by atoms with Crippen LogP contribution in [0.4, 0.5) is 11.4 Å². The van der Waals surface area contributed by atoms with Gasteiger partial charge in [0.05, 0.1) is 15.5 Å². The Labute approximate surface area is 144 Å². The first-order valence-electron chi connectivity index (χ1n) is 7.02. The predicted octanol–water partition coefficient (Wildman–Crippen LogP) is 1.89. The molecule has 0 amide bonds. The number of nitrogens with zero attached hydrogens (tertiary/aromatic N) is 2. The third-order valence-corrected chi connectivity index (χ3v) is 4.63. The normalized spacial score (nSPS) is 12.0. The average Bonchev–Trinajstić information content (AvgIpc) is 2.55. The number of hydrogen-bond donors (Lipinski definition) is 3. The van der Waals surface area contributed by atoms with Gasteiger partial charge in [-0.05, 0) is 43.7 Å². The minimum absolute atomic E-state index is 0.0438. The van der Waals surface area contributed by atoms with Gasteiger partial charge in [-0.15, -0.1) is 0 Å². The van der Waals surface area contributed by atoms with Crippen LogP contribution >= 0.6 is 0 Å². The molecule has 0 heterocycles. The number of anilines is 1. The number of phenolic OH excluding ortho intramolecular Hbond substituents is 1. The van der Waals surface area contributed by atoms with Crippen molar-refractivity contribution in [3.05, 3.63) is 57.6 Å². The number of nitro benzene ring substituents is 1. The third kappa shape index (κ3) is 4.04. The first-order valence-corrected chi connectivity index (χ1v) is 8.50. The van der Waals surface area contributed by atoms with Gasteiger partial charge in [0, 0.05) is 23.4 Å². The number of nitrogens with one attached hydrogen (secondary N) is 1. The molecule has 10 heteroatoms. The van der Waals surface area contributed by atoms with E-state index < -0.39 is 14.9 Å². The first kappa shape index (κ1) is 18.2. The molecule has 132 valence electrons. The number of hydrazone groups is 1. The Bertz CT molecular complexity index is 953. The van der Waals surface area contributed by atoms with E-state index in [-0.39, 0.29) is 33.2 Å². The zero-order valence-corrected chi connectivity index (χ0v) is 14.2. The zero-order valence-electron chi connectivity index (χ0n) is 13.4. The number of nitrogen functional groups attached to an aromatic ring is 1. The minimum Gasteiger partial charge on any atom is -0.507 e. The number of rotatable bonds is 5. The summed E-state index contributed by atoms with van der Waals surface area (Å²) in [4.78, 5) is 12.3. The maximum Gasteiger partial charge on any atom is 0.276 e. The third-order valence-electron chi connectivity index (χ3n) is 3.41. The van der Waals surface area contributed by atoms with Crippen molar-refractivity contribution in [1.82, 2.24) is 4.83 Å². The van der Waals surface area contributed by atoms with Crippen molar-refractivity contribution in [1.29, 1.82) is 0 Å². The molecule has 0 aliphatic rings. The molecule has 0 aliphatic carbocycles. The fourth-order valence-corrected chi connectivity index (χ4v) is 2.89. The lowest BCUT2D eigenvalue weighted by molar-refractivity contribution is -0.384. The molecule has 0 bridgehead atoms. The van der Waals surface area contributed by atoms with Crippen molar-refractivity contribution in [3.63, 3.8) is 0 Å². The van der Waals surface area contributed by atoms with E-state index in [0.717, 1.165) is 6.07 Å². The minimum atomic E-state index is -3.94. The van der Waals surface area contributed by atoms with Crippen LogP contribution in [-0.4, -0.2) is 24.2 Å². The van der Waals surface area contributed by atoms with E-state index in [4.69, 9.17) is 5.73 Å². The molecule has 0 saturated heterocycles. The maximum atomic E-state index is 12.2. The Hall–Kier alpha value is -3.14. The average molecular weight is 364 g/mol. The molecule has 2 aromatic rings. The molecule has 0 aliphatic heterocycles. The van der Waals surface area contributed by atoms with Crippen LogP contribution in [0.3, 0.4) is 0 Å². The number of benzene rings is 2. The number of hydrogen-bond acceptors (Lipinski definition) is 7. The number of nitrogens with two attached hydrogens (primary N) is 1. The Kier molecular flexibility index (Phi) is 4.93. The van der Waals surface area contributed by atoms with Gasteiger partial charge in [0.1, 0.15) is 5.75 Å². The number of sulfonamides is 1. The van der Waals surface area contributed by atoms with E-state index in [9.17, 15) is 23.6 Å². The second kappa shape index (κ2) is 6.77. The van der Waals surface area contributed by atoms with Crippen LogP contribution in [0.25, 0.3) is 0 Å². The molecule has 2 rings (SSSR count). The summed E-state index contributed by atoms with van der Waals surface area (Å²) in [6.45, 7) is 2.92. The largest absolute Gasteiger partial charge is 0.507 e. The summed E-state index contributed by atoms with van der Waals surface area (Å²) in [6.07, 6.45) is 0. The Morgan fingerprint density at radius 2 is 1.88 bits per heavy atom. The lowest BCUT2D eigenvalue weighted by Gasteiger charge is -2.08. The molecule has 4 N–H and O–H groups in total. The van der Waals surface area contributed by atoms with Crippen molar-refractivity contribution in [3.8, 4) is 5.75 Å². The molecular formula is C15H16N4O5S. The van der Waals surface area contributed by atoms with Crippen LogP contribution in [0.5, 0.6) is 5.75 Å². The Morgan fingerprint density at radius 3 is 2.44 bits per heavy atom. The number of non-ortho nitro benzene ring substituents is 1. The van der Waals surface area contributed by atoms with Crippen LogP contribution in [-0.2, 0) is 10.0 Å². The van der Waals surface area contributed by atoms with Gasteiger partial charge in [-0.2, -0.15) is 18.4 Å². The van der Waals surface area contributed by atoms with Gasteiger partial charge < -0.3 is 10.8 Å². The van der Waals surface area contributed by atoms with Crippen molar-refractivity contribution in [2.75, 3.05) is 5.73 Å². The lowest BCUT2D eigenvalue weighted by atomic mass is 10.1. The van der Waals surface area contributed by atoms with E-state index in [1.165, 1.54) is 44.2 Å². The highest BCUT2D eigenvalue weighted by Gasteiger charge is 2.17. The summed E-state index contributed by atoms with van der Waals surface area (Å²) in [5, 5.41) is 24.7. The summed E-state index contributed by atoms with van der Waals surface area (Å²) in [5.74, 6) is -0.210. The Morgan fingerprint density at radius 1 is 1.28 bits per heavy atom. The summed E-state index contributed by atoms with van der Waals surface area (Å²) in [5.41, 5.74) is 6.10. The standard InChI is InChI=1S/C15H16N4O5S/c1-9-7-12(19(21)22)8-14(15(9)20)10(2)17-18-25(23,24)13-5-3-11(16)4-6-13/h3-8,18,20H,16H2,1-2H3. The Balaban J connectivity index is 2.36. The van der Waals surface area contributed by atoms with Crippen LogP contribution < -0.4 is 10.6 Å². The van der Waals surface area contributed by atoms with Crippen LogP contribution in [0.15, 0.2) is 46.4 Å². The molecule has 0 saturated carbocycles. The first-order chi connectivity index (χ1) is 11.6. The van der Waals surface area contributed by atoms with Gasteiger partial charge in [0.25, 0.3) is 15.7 Å². The van der Waals surface area contributed by atoms with E-state index >= 15 is 0 Å². The van der Waals surface area contributed by atoms with Crippen LogP contribution in [0, 0.1) is 17.0 Å². The van der Waals surface area contributed by atoms with Gasteiger partial charge in [-0.25, -0.2) is 0 Å². The van der Waals surface area contributed by atoms with E-state index in [1.807, 2.05) is 4.83 Å². The maximum absolute atomic E-state index is 12.2. The smallest absolute Gasteiger partial charge is 0.276 e. The van der Waals surface area contributed by atoms with E-state index in [0.29, 0.717) is 5.69 Å². The molecule has 0 unspecified atom stereocenters. The number of phenols is 1. The second-order valence-corrected chi connectivity index (χ2v) is 6.94. The van der Waals surface area contributed by atoms with Gasteiger partial charge in [-0.3, -0.25) is 10.1 Å². The van der Waals surface area contributed by atoms with Crippen molar-refractivity contribution >= 4 is 27.1 Å². The highest BCUT2D eigenvalue weighted by Crippen LogP contribution is 2.28. The molecule has 0 fully saturated rings. The van der Waals surface area contributed by atoms with Gasteiger partial charge >= 0.3 is 0 Å². The molecule has 0 aromatic heterocycles. The molecule has 25 heavy (non-hydrogen) atoms. The second-order valence-electron chi connectivity index (χ2n) is 5.28. The fourth-order valence-electron chi connectivity index (χ4n) is 2.03. The molecule has 0 spiro atoms. The summed E-state index contributed by atoms with van der Waals surface area (Å²) >= 11 is 0. The molecule has 9 nitrogen and oxygen atoms in total. The van der Waals surface area contributed by atoms with Crippen molar-refractivity contribution in [2.45, 2.75) is 18.7 Å².